The molecular formula is C50H51FIrN4O-2. The van der Waals surface area contributed by atoms with E-state index in [4.69, 9.17) is 18.5 Å². The fourth-order valence-electron chi connectivity index (χ4n) is 7.03. The maximum atomic E-state index is 14.1. The second-order valence-electron chi connectivity index (χ2n) is 17.2. The molecule has 0 spiro atoms. The number of halogens is 1. The molecule has 0 saturated carbocycles. The predicted octanol–water partition coefficient (Wildman–Crippen LogP) is 13.6. The number of para-hydroxylation sites is 2. The van der Waals surface area contributed by atoms with Gasteiger partial charge in [-0.15, -0.1) is 42.0 Å². The van der Waals surface area contributed by atoms with Crippen molar-refractivity contribution in [1.29, 1.82) is 0 Å². The van der Waals surface area contributed by atoms with Crippen molar-refractivity contribution in [1.82, 2.24) is 19.5 Å². The number of aromatic nitrogens is 4. The van der Waals surface area contributed by atoms with Crippen LogP contribution in [0.15, 0.2) is 102 Å². The Morgan fingerprint density at radius 3 is 2.05 bits per heavy atom. The van der Waals surface area contributed by atoms with E-state index < -0.39 is 12.7 Å². The molecule has 0 aliphatic carbocycles. The van der Waals surface area contributed by atoms with Gasteiger partial charge in [-0.3, -0.25) is 9.37 Å². The molecule has 0 aliphatic heterocycles. The number of fused-ring (bicyclic) bond motifs is 4. The predicted molar refractivity (Wildman–Crippen MR) is 229 cm³/mol. The van der Waals surface area contributed by atoms with Crippen molar-refractivity contribution in [2.24, 2.45) is 0 Å². The number of pyridine rings is 2. The minimum atomic E-state index is -2.33. The first-order valence-electron chi connectivity index (χ1n) is 20.8. The van der Waals surface area contributed by atoms with Crippen LogP contribution in [0.3, 0.4) is 0 Å². The summed E-state index contributed by atoms with van der Waals surface area (Å²) < 4.78 is 44.6. The molecule has 8 rings (SSSR count). The van der Waals surface area contributed by atoms with E-state index in [-0.39, 0.29) is 42.1 Å². The summed E-state index contributed by atoms with van der Waals surface area (Å²) in [4.78, 5) is 14.6. The SMILES string of the molecule is CC(C)c1cccc(C(C)C)c1-n1c(-c2[c-]ccc3c2oc2ccccc23)nc2cc(C(C)(C)C)cnc21.[2H]C([2H])([2H])c1c[c-]c(-c2ccc(C(C)(C)C)cn2)c(F)c1.[Ir]. The van der Waals surface area contributed by atoms with Crippen molar-refractivity contribution in [2.45, 2.75) is 98.8 Å². The third kappa shape index (κ3) is 8.24. The normalized spacial score (nSPS) is 13.0. The molecule has 0 unspecified atom stereocenters. The summed E-state index contributed by atoms with van der Waals surface area (Å²) in [6.07, 6.45) is 3.71. The summed E-state index contributed by atoms with van der Waals surface area (Å²) in [5.41, 5.74) is 10.7. The van der Waals surface area contributed by atoms with E-state index in [0.717, 1.165) is 67.4 Å². The zero-order valence-corrected chi connectivity index (χ0v) is 36.7. The number of rotatable bonds is 5. The molecule has 7 heteroatoms. The molecule has 0 fully saturated rings. The quantitative estimate of drug-likeness (QED) is 0.161. The third-order valence-corrected chi connectivity index (χ3v) is 10.3. The Bertz CT molecular complexity index is 2780. The molecule has 0 N–H and O–H groups in total. The fourth-order valence-corrected chi connectivity index (χ4v) is 7.03. The Kier molecular flexibility index (Phi) is 10.6. The summed E-state index contributed by atoms with van der Waals surface area (Å²) in [5, 5.41) is 2.16. The molecule has 5 nitrogen and oxygen atoms in total. The van der Waals surface area contributed by atoms with E-state index in [1.807, 2.05) is 30.5 Å². The smallest absolute Gasteiger partial charge is 0.155 e. The second-order valence-corrected chi connectivity index (χ2v) is 17.2. The molecule has 0 amide bonds. The van der Waals surface area contributed by atoms with Gasteiger partial charge in [0.1, 0.15) is 5.58 Å². The summed E-state index contributed by atoms with van der Waals surface area (Å²) in [7, 11) is 0. The second kappa shape index (κ2) is 16.1. The minimum Gasteiger partial charge on any atom is -0.501 e. The first-order chi connectivity index (χ1) is 27.7. The molecule has 0 aliphatic rings. The summed E-state index contributed by atoms with van der Waals surface area (Å²) in [6, 6.07) is 33.2. The van der Waals surface area contributed by atoms with E-state index in [2.05, 4.69) is 133 Å². The van der Waals surface area contributed by atoms with Gasteiger partial charge < -0.3 is 14.0 Å². The van der Waals surface area contributed by atoms with Crippen molar-refractivity contribution in [3.63, 3.8) is 0 Å². The zero-order valence-electron chi connectivity index (χ0n) is 37.3. The molecule has 295 valence electrons. The van der Waals surface area contributed by atoms with E-state index in [0.29, 0.717) is 17.5 Å². The maximum Gasteiger partial charge on any atom is 0.155 e. The van der Waals surface area contributed by atoms with Crippen LogP contribution in [-0.2, 0) is 30.9 Å². The van der Waals surface area contributed by atoms with E-state index >= 15 is 0 Å². The Labute approximate surface area is 354 Å². The van der Waals surface area contributed by atoms with Gasteiger partial charge in [-0.25, -0.2) is 4.98 Å². The Morgan fingerprint density at radius 1 is 0.754 bits per heavy atom. The third-order valence-electron chi connectivity index (χ3n) is 10.3. The number of hydrogen-bond donors (Lipinski definition) is 0. The molecule has 57 heavy (non-hydrogen) atoms. The molecule has 4 aromatic carbocycles. The first kappa shape index (κ1) is 37.6. The minimum absolute atomic E-state index is 0. The van der Waals surface area contributed by atoms with Crippen LogP contribution in [-0.4, -0.2) is 19.5 Å². The summed E-state index contributed by atoms with van der Waals surface area (Å²) in [5.74, 6) is 0.834. The average Bonchev–Trinajstić information content (AvgIpc) is 3.75. The van der Waals surface area contributed by atoms with Gasteiger partial charge in [0, 0.05) is 53.5 Å². The molecule has 4 aromatic heterocycles. The maximum absolute atomic E-state index is 14.1. The first-order valence-corrected chi connectivity index (χ1v) is 19.3. The van der Waals surface area contributed by atoms with Crippen molar-refractivity contribution < 1.29 is 33.0 Å². The van der Waals surface area contributed by atoms with Crippen molar-refractivity contribution in [3.05, 3.63) is 143 Å². The van der Waals surface area contributed by atoms with Gasteiger partial charge in [-0.05, 0) is 62.7 Å². The van der Waals surface area contributed by atoms with Crippen molar-refractivity contribution >= 4 is 33.1 Å². The van der Waals surface area contributed by atoms with Crippen LogP contribution >= 0.6 is 0 Å². The monoisotopic (exact) mass is 938 g/mol. The summed E-state index contributed by atoms with van der Waals surface area (Å²) in [6.45, 7) is 19.5. The molecule has 1 radical (unpaired) electrons. The van der Waals surface area contributed by atoms with E-state index in [9.17, 15) is 4.39 Å². The van der Waals surface area contributed by atoms with Crippen LogP contribution in [0.4, 0.5) is 4.39 Å². The Morgan fingerprint density at radius 2 is 1.44 bits per heavy atom. The van der Waals surface area contributed by atoms with Crippen LogP contribution in [0.25, 0.3) is 61.4 Å². The van der Waals surface area contributed by atoms with Crippen LogP contribution in [0.1, 0.15) is 113 Å². The number of aryl methyl sites for hydroxylation is 1. The molecular weight excluding hydrogens is 884 g/mol. The number of furan rings is 1. The molecule has 0 saturated heterocycles. The zero-order chi connectivity index (χ0) is 42.6. The average molecular weight is 938 g/mol. The van der Waals surface area contributed by atoms with Gasteiger partial charge in [-0.2, -0.15) is 0 Å². The number of benzene rings is 4. The number of imidazole rings is 1. The van der Waals surface area contributed by atoms with Gasteiger partial charge in [0.2, 0.25) is 0 Å². The van der Waals surface area contributed by atoms with Gasteiger partial charge >= 0.3 is 0 Å². The van der Waals surface area contributed by atoms with Gasteiger partial charge in [-0.1, -0.05) is 141 Å². The van der Waals surface area contributed by atoms with E-state index in [1.54, 1.807) is 12.3 Å². The van der Waals surface area contributed by atoms with Crippen LogP contribution in [0.5, 0.6) is 0 Å². The largest absolute Gasteiger partial charge is 0.501 e. The van der Waals surface area contributed by atoms with Crippen molar-refractivity contribution in [3.8, 4) is 28.3 Å². The van der Waals surface area contributed by atoms with Crippen LogP contribution in [0, 0.1) is 24.8 Å². The van der Waals surface area contributed by atoms with Crippen LogP contribution in [0.2, 0.25) is 0 Å². The fraction of sp³-hybridized carbons (Fsp3) is 0.300. The van der Waals surface area contributed by atoms with Gasteiger partial charge in [0.05, 0.1) is 16.9 Å². The summed E-state index contributed by atoms with van der Waals surface area (Å²) >= 11 is 0. The topological polar surface area (TPSA) is 56.7 Å². The number of hydrogen-bond acceptors (Lipinski definition) is 4. The van der Waals surface area contributed by atoms with Crippen LogP contribution < -0.4 is 0 Å². The molecule has 0 atom stereocenters. The molecule has 0 bridgehead atoms. The Balaban J connectivity index is 0.000000234. The van der Waals surface area contributed by atoms with E-state index in [1.165, 1.54) is 17.2 Å². The molecule has 4 heterocycles. The Hall–Kier alpha value is -4.97. The standard InChI is InChI=1S/C34H34N3O.C16H17FN.Ir/c1-20(2)23-13-10-14-24(21(3)4)30(23)37-32(36-28-18-22(34(5,6)7)19-35-33(28)37)27-16-11-15-26-25-12-8-9-17-29(25)38-31(26)27;1-11-5-7-13(14(17)9-11)15-8-6-12(10-18-15)16(2,3)4;/h8-15,17-21H,1-7H3;5-6,8-10H,1-4H3;/q2*-1;/i;1D3;. The van der Waals surface area contributed by atoms with Gasteiger partial charge in [0.25, 0.3) is 0 Å². The van der Waals surface area contributed by atoms with Gasteiger partial charge in [0.15, 0.2) is 5.65 Å². The van der Waals surface area contributed by atoms with Crippen molar-refractivity contribution in [2.75, 3.05) is 0 Å². The molecule has 8 aromatic rings. The number of nitrogens with zero attached hydrogens (tertiary/aromatic N) is 4.